The summed E-state index contributed by atoms with van der Waals surface area (Å²) in [5.41, 5.74) is 6.38. The maximum Gasteiger partial charge on any atom is 0.326 e. The number of carboxylic acids is 3. The Bertz CT molecular complexity index is 934. The van der Waals surface area contributed by atoms with Crippen molar-refractivity contribution >= 4 is 35.6 Å². The third-order valence-corrected chi connectivity index (χ3v) is 4.94. The summed E-state index contributed by atoms with van der Waals surface area (Å²) >= 11 is 0. The van der Waals surface area contributed by atoms with E-state index in [4.69, 9.17) is 10.8 Å². The maximum atomic E-state index is 12.9. The molecule has 1 aromatic rings. The maximum absolute atomic E-state index is 12.9. The second-order valence-electron chi connectivity index (χ2n) is 8.57. The van der Waals surface area contributed by atoms with Crippen LogP contribution in [0.15, 0.2) is 12.5 Å². The van der Waals surface area contributed by atoms with Gasteiger partial charge in [-0.3, -0.25) is 24.0 Å². The molecule has 0 aliphatic heterocycles. The van der Waals surface area contributed by atoms with Gasteiger partial charge in [0.25, 0.3) is 0 Å². The highest BCUT2D eigenvalue weighted by molar-refractivity contribution is 5.95. The Morgan fingerprint density at radius 3 is 2.00 bits per heavy atom. The van der Waals surface area contributed by atoms with Crippen LogP contribution in [0.1, 0.15) is 45.2 Å². The van der Waals surface area contributed by atoms with E-state index in [1.807, 2.05) is 0 Å². The number of aromatic nitrogens is 2. The molecule has 3 amide bonds. The van der Waals surface area contributed by atoms with Gasteiger partial charge in [-0.1, -0.05) is 13.8 Å². The molecule has 0 bridgehead atoms. The molecular formula is C21H32N6O9. The minimum Gasteiger partial charge on any atom is -0.481 e. The molecule has 4 unspecified atom stereocenters. The predicted octanol–water partition coefficient (Wildman–Crippen LogP) is -1.80. The number of imidazole rings is 1. The summed E-state index contributed by atoms with van der Waals surface area (Å²) in [6.07, 6.45) is 1.13. The van der Waals surface area contributed by atoms with Gasteiger partial charge in [0.15, 0.2) is 0 Å². The van der Waals surface area contributed by atoms with E-state index < -0.39 is 72.6 Å². The van der Waals surface area contributed by atoms with Crippen molar-refractivity contribution < 1.29 is 44.1 Å². The zero-order valence-electron chi connectivity index (χ0n) is 19.9. The Kier molecular flexibility index (Phi) is 12.0. The highest BCUT2D eigenvalue weighted by Gasteiger charge is 2.32. The second-order valence-corrected chi connectivity index (χ2v) is 8.57. The molecule has 0 saturated heterocycles. The molecule has 1 aromatic heterocycles. The summed E-state index contributed by atoms with van der Waals surface area (Å²) in [4.78, 5) is 78.3. The molecule has 200 valence electrons. The fourth-order valence-electron chi connectivity index (χ4n) is 3.16. The van der Waals surface area contributed by atoms with E-state index in [1.165, 1.54) is 12.5 Å². The van der Waals surface area contributed by atoms with Crippen LogP contribution >= 0.6 is 0 Å². The summed E-state index contributed by atoms with van der Waals surface area (Å²) in [6, 6.07) is -5.60. The Balaban J connectivity index is 2.99. The highest BCUT2D eigenvalue weighted by atomic mass is 16.4. The molecule has 0 radical (unpaired) electrons. The van der Waals surface area contributed by atoms with Gasteiger partial charge >= 0.3 is 17.9 Å². The van der Waals surface area contributed by atoms with Crippen molar-refractivity contribution in [2.75, 3.05) is 0 Å². The third-order valence-electron chi connectivity index (χ3n) is 4.94. The van der Waals surface area contributed by atoms with Gasteiger partial charge in [-0.25, -0.2) is 9.78 Å². The van der Waals surface area contributed by atoms with E-state index in [1.54, 1.807) is 13.8 Å². The molecule has 0 fully saturated rings. The van der Waals surface area contributed by atoms with Crippen LogP contribution in [-0.4, -0.2) is 85.1 Å². The molecule has 1 rings (SSSR count). The topological polar surface area (TPSA) is 254 Å². The average Bonchev–Trinajstić information content (AvgIpc) is 3.27. The number of carbonyl (C=O) groups is 6. The van der Waals surface area contributed by atoms with Crippen molar-refractivity contribution in [3.05, 3.63) is 18.2 Å². The number of nitrogens with zero attached hydrogens (tertiary/aromatic N) is 1. The van der Waals surface area contributed by atoms with Gasteiger partial charge in [0, 0.05) is 24.7 Å². The Labute approximate surface area is 206 Å². The van der Waals surface area contributed by atoms with Gasteiger partial charge in [0.2, 0.25) is 17.7 Å². The summed E-state index contributed by atoms with van der Waals surface area (Å²) in [6.45, 7) is 3.46. The molecule has 4 atom stereocenters. The number of hydrogen-bond acceptors (Lipinski definition) is 8. The number of nitrogens with two attached hydrogens (primary N) is 1. The van der Waals surface area contributed by atoms with Crippen molar-refractivity contribution in [1.29, 1.82) is 0 Å². The number of carboxylic acid groups (broad SMARTS) is 3. The first-order valence-electron chi connectivity index (χ1n) is 11.1. The number of H-pyrrole nitrogens is 1. The van der Waals surface area contributed by atoms with Crippen LogP contribution in [0.5, 0.6) is 0 Å². The molecule has 0 aromatic carbocycles. The lowest BCUT2D eigenvalue weighted by atomic mass is 10.0. The van der Waals surface area contributed by atoms with Crippen LogP contribution in [0.25, 0.3) is 0 Å². The molecule has 15 heteroatoms. The molecule has 9 N–H and O–H groups in total. The van der Waals surface area contributed by atoms with Crippen molar-refractivity contribution in [3.63, 3.8) is 0 Å². The molecule has 1 heterocycles. The monoisotopic (exact) mass is 512 g/mol. The Morgan fingerprint density at radius 1 is 0.917 bits per heavy atom. The minimum atomic E-state index is -1.69. The van der Waals surface area contributed by atoms with Crippen molar-refractivity contribution in [3.8, 4) is 0 Å². The lowest BCUT2D eigenvalue weighted by molar-refractivity contribution is -0.144. The van der Waals surface area contributed by atoms with Crippen LogP contribution in [0.2, 0.25) is 0 Å². The SMILES string of the molecule is CC(C)CC(NC(=O)C(CC(=O)O)NC(=O)C(CCC(=O)O)NC(=O)C(N)Cc1cnc[nH]1)C(=O)O. The van der Waals surface area contributed by atoms with E-state index in [0.717, 1.165) is 0 Å². The van der Waals surface area contributed by atoms with Crippen LogP contribution in [0.4, 0.5) is 0 Å². The Morgan fingerprint density at radius 2 is 1.50 bits per heavy atom. The van der Waals surface area contributed by atoms with Gasteiger partial charge in [0.05, 0.1) is 18.8 Å². The van der Waals surface area contributed by atoms with Gasteiger partial charge < -0.3 is 42.0 Å². The number of hydrogen-bond donors (Lipinski definition) is 8. The molecule has 15 nitrogen and oxygen atoms in total. The summed E-state index contributed by atoms with van der Waals surface area (Å²) in [5.74, 6) is -7.05. The zero-order chi connectivity index (χ0) is 27.4. The average molecular weight is 513 g/mol. The van der Waals surface area contributed by atoms with Gasteiger partial charge in [-0.05, 0) is 18.8 Å². The van der Waals surface area contributed by atoms with Crippen LogP contribution in [-0.2, 0) is 35.2 Å². The standard InChI is InChI=1S/C21H32N6O9/c1-10(2)5-15(21(35)36)27-20(34)14(7-17(30)31)26-19(33)13(3-4-16(28)29)25-18(32)12(22)6-11-8-23-9-24-11/h8-10,12-15H,3-7,22H2,1-2H3,(H,23,24)(H,25,32)(H,26,33)(H,27,34)(H,28,29)(H,30,31)(H,35,36). The fraction of sp³-hybridized carbons (Fsp3) is 0.571. The van der Waals surface area contributed by atoms with Gasteiger partial charge in [-0.2, -0.15) is 0 Å². The van der Waals surface area contributed by atoms with E-state index >= 15 is 0 Å². The molecule has 0 saturated carbocycles. The minimum absolute atomic E-state index is 0.0373. The molecule has 0 spiro atoms. The number of carbonyl (C=O) groups excluding carboxylic acids is 3. The number of amides is 3. The van der Waals surface area contributed by atoms with Gasteiger partial charge in [0.1, 0.15) is 18.1 Å². The lowest BCUT2D eigenvalue weighted by Crippen LogP contribution is -2.57. The third kappa shape index (κ3) is 10.9. The van der Waals surface area contributed by atoms with E-state index in [2.05, 4.69) is 25.9 Å². The normalized spacial score (nSPS) is 14.2. The number of rotatable bonds is 16. The first-order chi connectivity index (χ1) is 16.8. The summed E-state index contributed by atoms with van der Waals surface area (Å²) < 4.78 is 0. The second kappa shape index (κ2) is 14.4. The molecule has 36 heavy (non-hydrogen) atoms. The first-order valence-corrected chi connectivity index (χ1v) is 11.1. The molecule has 0 aliphatic carbocycles. The number of nitrogens with one attached hydrogen (secondary N) is 4. The number of aromatic amines is 1. The molecule has 0 aliphatic rings. The summed E-state index contributed by atoms with van der Waals surface area (Å²) in [5, 5.41) is 34.2. The van der Waals surface area contributed by atoms with Gasteiger partial charge in [-0.15, -0.1) is 0 Å². The van der Waals surface area contributed by atoms with Crippen LogP contribution < -0.4 is 21.7 Å². The molecular weight excluding hydrogens is 480 g/mol. The summed E-state index contributed by atoms with van der Waals surface area (Å²) in [7, 11) is 0. The first kappa shape index (κ1) is 30.0. The quantitative estimate of drug-likeness (QED) is 0.123. The Hall–Kier alpha value is -4.01. The smallest absolute Gasteiger partial charge is 0.326 e. The zero-order valence-corrected chi connectivity index (χ0v) is 19.9. The highest BCUT2D eigenvalue weighted by Crippen LogP contribution is 2.07. The van der Waals surface area contributed by atoms with E-state index in [-0.39, 0.29) is 25.2 Å². The van der Waals surface area contributed by atoms with E-state index in [0.29, 0.717) is 5.69 Å². The van der Waals surface area contributed by atoms with Crippen LogP contribution in [0.3, 0.4) is 0 Å². The van der Waals surface area contributed by atoms with Crippen molar-refractivity contribution in [1.82, 2.24) is 25.9 Å². The number of aliphatic carboxylic acids is 3. The van der Waals surface area contributed by atoms with Crippen molar-refractivity contribution in [2.45, 2.75) is 70.1 Å². The fourth-order valence-corrected chi connectivity index (χ4v) is 3.16. The largest absolute Gasteiger partial charge is 0.481 e. The lowest BCUT2D eigenvalue weighted by Gasteiger charge is -2.24. The van der Waals surface area contributed by atoms with Crippen molar-refractivity contribution in [2.24, 2.45) is 11.7 Å². The predicted molar refractivity (Wildman–Crippen MR) is 122 cm³/mol. The van der Waals surface area contributed by atoms with E-state index in [9.17, 15) is 39.0 Å². The van der Waals surface area contributed by atoms with Crippen LogP contribution in [0, 0.1) is 5.92 Å².